The molecule has 2 aliphatic heterocycles. The molecular formula is C33H35N3O5. The molecule has 0 saturated carbocycles. The third kappa shape index (κ3) is 6.32. The Balaban J connectivity index is 1.35. The molecule has 0 atom stereocenters. The lowest BCUT2D eigenvalue weighted by atomic mass is 9.98. The third-order valence-corrected chi connectivity index (χ3v) is 7.58. The van der Waals surface area contributed by atoms with Crippen LogP contribution >= 0.6 is 0 Å². The lowest BCUT2D eigenvalue weighted by molar-refractivity contribution is -0.129. The van der Waals surface area contributed by atoms with E-state index in [0.29, 0.717) is 16.8 Å². The van der Waals surface area contributed by atoms with Crippen LogP contribution in [0.5, 0.6) is 0 Å². The van der Waals surface area contributed by atoms with Crippen molar-refractivity contribution in [3.63, 3.8) is 0 Å². The number of aryl methyl sites for hydroxylation is 1. The van der Waals surface area contributed by atoms with Gasteiger partial charge in [0.1, 0.15) is 5.58 Å². The highest BCUT2D eigenvalue weighted by Gasteiger charge is 2.34. The van der Waals surface area contributed by atoms with E-state index in [9.17, 15) is 19.5 Å². The zero-order chi connectivity index (χ0) is 28.8. The fourth-order valence-corrected chi connectivity index (χ4v) is 5.44. The summed E-state index contributed by atoms with van der Waals surface area (Å²) in [6.45, 7) is 4.25. The maximum absolute atomic E-state index is 13.0. The minimum atomic E-state index is -1.31. The number of amides is 1. The van der Waals surface area contributed by atoms with E-state index in [1.807, 2.05) is 6.07 Å². The average molecular weight is 554 g/mol. The van der Waals surface area contributed by atoms with Crippen LogP contribution in [0.4, 0.5) is 11.4 Å². The number of carbonyl (C=O) groups is 2. The highest BCUT2D eigenvalue weighted by Crippen LogP contribution is 2.32. The summed E-state index contributed by atoms with van der Waals surface area (Å²) in [5.74, 6) is -1.86. The van der Waals surface area contributed by atoms with Crippen LogP contribution in [0.15, 0.2) is 80.6 Å². The Bertz CT molecular complexity index is 1590. The summed E-state index contributed by atoms with van der Waals surface area (Å²) < 4.78 is 5.71. The Morgan fingerprint density at radius 3 is 2.61 bits per heavy atom. The topological polar surface area (TPSA) is 103 Å². The number of para-hydroxylation sites is 1. The monoisotopic (exact) mass is 553 g/mol. The lowest BCUT2D eigenvalue weighted by Gasteiger charge is -2.31. The molecule has 0 aliphatic carbocycles. The Kier molecular flexibility index (Phi) is 8.77. The fraction of sp³-hybridized carbons (Fsp3) is 0.333. The molecule has 1 N–H and O–H groups in total. The van der Waals surface area contributed by atoms with Gasteiger partial charge in [-0.2, -0.15) is 10.1 Å². The summed E-state index contributed by atoms with van der Waals surface area (Å²) in [6, 6.07) is 14.5. The maximum Gasteiger partial charge on any atom is 0.357 e. The second kappa shape index (κ2) is 12.8. The molecule has 1 amide bonds. The quantitative estimate of drug-likeness (QED) is 0.169. The van der Waals surface area contributed by atoms with Gasteiger partial charge in [-0.25, -0.2) is 9.59 Å². The number of fused-ring (bicyclic) bond motifs is 2. The Morgan fingerprint density at radius 1 is 1.05 bits per heavy atom. The van der Waals surface area contributed by atoms with E-state index < -0.39 is 17.5 Å². The van der Waals surface area contributed by atoms with Gasteiger partial charge < -0.3 is 14.4 Å². The number of anilines is 2. The summed E-state index contributed by atoms with van der Waals surface area (Å²) in [4.78, 5) is 40.0. The number of hydrogen-bond donors (Lipinski definition) is 1. The molecule has 3 aromatic rings. The van der Waals surface area contributed by atoms with Gasteiger partial charge in [-0.05, 0) is 61.2 Å². The molecule has 0 saturated heterocycles. The van der Waals surface area contributed by atoms with Gasteiger partial charge in [0.15, 0.2) is 5.71 Å². The summed E-state index contributed by atoms with van der Waals surface area (Å²) in [7, 11) is 0. The number of benzene rings is 2. The molecule has 0 unspecified atom stereocenters. The highest BCUT2D eigenvalue weighted by atomic mass is 16.4. The predicted octanol–water partition coefficient (Wildman–Crippen LogP) is 6.33. The number of aliphatic carboxylic acids is 1. The first-order valence-electron chi connectivity index (χ1n) is 14.4. The Morgan fingerprint density at radius 2 is 1.83 bits per heavy atom. The molecule has 0 bridgehead atoms. The summed E-state index contributed by atoms with van der Waals surface area (Å²) >= 11 is 0. The average Bonchev–Trinajstić information content (AvgIpc) is 3.31. The third-order valence-electron chi connectivity index (χ3n) is 7.58. The smallest absolute Gasteiger partial charge is 0.357 e. The molecule has 2 aliphatic rings. The zero-order valence-corrected chi connectivity index (χ0v) is 23.3. The van der Waals surface area contributed by atoms with Crippen LogP contribution in [-0.2, 0) is 16.0 Å². The van der Waals surface area contributed by atoms with Crippen LogP contribution in [0, 0.1) is 0 Å². The van der Waals surface area contributed by atoms with Crippen molar-refractivity contribution in [1.82, 2.24) is 0 Å². The molecule has 41 heavy (non-hydrogen) atoms. The number of carboxylic acids is 1. The predicted molar refractivity (Wildman–Crippen MR) is 163 cm³/mol. The van der Waals surface area contributed by atoms with Crippen molar-refractivity contribution >= 4 is 46.0 Å². The van der Waals surface area contributed by atoms with Crippen LogP contribution in [0.25, 0.3) is 17.0 Å². The highest BCUT2D eigenvalue weighted by molar-refractivity contribution is 6.52. The number of carbonyl (C=O) groups excluding carboxylic acids is 1. The van der Waals surface area contributed by atoms with Crippen molar-refractivity contribution in [2.45, 2.75) is 58.3 Å². The van der Waals surface area contributed by atoms with Crippen molar-refractivity contribution in [2.24, 2.45) is 5.10 Å². The maximum atomic E-state index is 13.0. The second-order valence-corrected chi connectivity index (χ2v) is 10.5. The van der Waals surface area contributed by atoms with Gasteiger partial charge in [-0.3, -0.25) is 4.79 Å². The molecule has 0 radical (unpaired) electrons. The molecule has 5 rings (SSSR count). The van der Waals surface area contributed by atoms with E-state index in [4.69, 9.17) is 4.42 Å². The van der Waals surface area contributed by atoms with Crippen molar-refractivity contribution in [3.05, 3.63) is 87.8 Å². The van der Waals surface area contributed by atoms with E-state index >= 15 is 0 Å². The number of carboxylic acid groups (broad SMARTS) is 1. The first kappa shape index (κ1) is 28.1. The van der Waals surface area contributed by atoms with E-state index in [1.165, 1.54) is 55.9 Å². The summed E-state index contributed by atoms with van der Waals surface area (Å²) in [5.41, 5.74) is 2.80. The van der Waals surface area contributed by atoms with Crippen molar-refractivity contribution in [1.29, 1.82) is 0 Å². The molecule has 0 fully saturated rings. The molecule has 8 nitrogen and oxygen atoms in total. The van der Waals surface area contributed by atoms with Crippen molar-refractivity contribution < 1.29 is 19.1 Å². The van der Waals surface area contributed by atoms with E-state index in [1.54, 1.807) is 36.4 Å². The SMILES string of the molecule is CCCCCCCCN1CCCc2cc3cc(/C=C/C=C4\C(=O)N(c5ccccc5)N=C4C(=O)O)c(=O)oc3cc21. The molecular weight excluding hydrogens is 518 g/mol. The lowest BCUT2D eigenvalue weighted by Crippen LogP contribution is -2.30. The van der Waals surface area contributed by atoms with Gasteiger partial charge in [0.2, 0.25) is 0 Å². The number of unbranched alkanes of at least 4 members (excludes halogenated alkanes) is 5. The number of rotatable bonds is 11. The van der Waals surface area contributed by atoms with Crippen LogP contribution in [0.3, 0.4) is 0 Å². The second-order valence-electron chi connectivity index (χ2n) is 10.5. The molecule has 2 aromatic carbocycles. The molecule has 0 spiro atoms. The number of hydrogen-bond acceptors (Lipinski definition) is 6. The Labute approximate surface area is 239 Å². The first-order chi connectivity index (χ1) is 20.0. The van der Waals surface area contributed by atoms with Crippen LogP contribution < -0.4 is 15.5 Å². The van der Waals surface area contributed by atoms with Crippen molar-refractivity contribution in [3.8, 4) is 0 Å². The van der Waals surface area contributed by atoms with Crippen LogP contribution in [0.1, 0.15) is 63.0 Å². The van der Waals surface area contributed by atoms with E-state index in [-0.39, 0.29) is 11.3 Å². The molecule has 212 valence electrons. The van der Waals surface area contributed by atoms with E-state index in [0.717, 1.165) is 48.4 Å². The largest absolute Gasteiger partial charge is 0.476 e. The summed E-state index contributed by atoms with van der Waals surface area (Å²) in [6.07, 6.45) is 14.0. The minimum absolute atomic E-state index is 0.0673. The number of hydrazone groups is 1. The molecule has 1 aromatic heterocycles. The van der Waals surface area contributed by atoms with Gasteiger partial charge >= 0.3 is 11.6 Å². The fourth-order valence-electron chi connectivity index (χ4n) is 5.44. The standard InChI is InChI=1S/C33H35N3O5/c1-2-3-4-5-6-10-18-35-19-12-14-23-20-25-21-24(33(40)41-29(25)22-28(23)35)13-11-17-27-30(32(38)39)34-36(31(27)37)26-15-8-7-9-16-26/h7-9,11,13,15-17,20-22H,2-6,10,12,14,18-19H2,1H3,(H,38,39)/b13-11+,27-17-. The zero-order valence-electron chi connectivity index (χ0n) is 23.3. The van der Waals surface area contributed by atoms with Gasteiger partial charge in [-0.15, -0.1) is 0 Å². The van der Waals surface area contributed by atoms with Crippen LogP contribution in [0.2, 0.25) is 0 Å². The normalized spacial score (nSPS) is 16.2. The number of nitrogens with zero attached hydrogens (tertiary/aromatic N) is 3. The van der Waals surface area contributed by atoms with Gasteiger partial charge in [0, 0.05) is 30.2 Å². The number of allylic oxidation sites excluding steroid dienone is 2. The van der Waals surface area contributed by atoms with Crippen LogP contribution in [-0.4, -0.2) is 35.8 Å². The first-order valence-corrected chi connectivity index (χ1v) is 14.4. The van der Waals surface area contributed by atoms with Gasteiger partial charge in [0.05, 0.1) is 16.8 Å². The van der Waals surface area contributed by atoms with Crippen molar-refractivity contribution in [2.75, 3.05) is 23.0 Å². The minimum Gasteiger partial charge on any atom is -0.476 e. The Hall–Kier alpha value is -4.46. The van der Waals surface area contributed by atoms with E-state index in [2.05, 4.69) is 23.0 Å². The molecule has 3 heterocycles. The summed E-state index contributed by atoms with van der Waals surface area (Å²) in [5, 5.41) is 15.5. The van der Waals surface area contributed by atoms with Gasteiger partial charge in [0.25, 0.3) is 5.91 Å². The molecule has 8 heteroatoms. The van der Waals surface area contributed by atoms with Gasteiger partial charge in [-0.1, -0.05) is 63.3 Å².